The van der Waals surface area contributed by atoms with Crippen LogP contribution in [-0.4, -0.2) is 18.4 Å². The van der Waals surface area contributed by atoms with Crippen LogP contribution in [0.5, 0.6) is 5.75 Å². The van der Waals surface area contributed by atoms with Crippen LogP contribution in [0.1, 0.15) is 40.5 Å². The molecule has 0 aliphatic carbocycles. The van der Waals surface area contributed by atoms with Gasteiger partial charge in [-0.1, -0.05) is 31.0 Å². The Morgan fingerprint density at radius 1 is 0.903 bits per heavy atom. The van der Waals surface area contributed by atoms with E-state index in [1.807, 2.05) is 0 Å². The minimum atomic E-state index is -0.565. The predicted molar refractivity (Wildman–Crippen MR) is 121 cm³/mol. The minimum absolute atomic E-state index is 0.0828. The summed E-state index contributed by atoms with van der Waals surface area (Å²) in [6.07, 6.45) is 2.02. The van der Waals surface area contributed by atoms with Crippen LogP contribution in [0.3, 0.4) is 0 Å². The van der Waals surface area contributed by atoms with Crippen molar-refractivity contribution in [1.82, 2.24) is 0 Å². The lowest BCUT2D eigenvalue weighted by atomic mass is 10.1. The smallest absolute Gasteiger partial charge is 0.255 e. The molecule has 0 aliphatic heterocycles. The maximum atomic E-state index is 13.3. The molecular formula is C24H22ClFN2O3. The number of halogens is 2. The maximum Gasteiger partial charge on any atom is 0.255 e. The zero-order valence-electron chi connectivity index (χ0n) is 17.0. The van der Waals surface area contributed by atoms with Gasteiger partial charge in [0, 0.05) is 22.5 Å². The van der Waals surface area contributed by atoms with E-state index in [9.17, 15) is 14.0 Å². The Morgan fingerprint density at radius 3 is 2.26 bits per heavy atom. The third kappa shape index (κ3) is 6.30. The number of rotatable bonds is 8. The van der Waals surface area contributed by atoms with Gasteiger partial charge in [0.2, 0.25) is 0 Å². The molecule has 0 unspecified atom stereocenters. The molecular weight excluding hydrogens is 419 g/mol. The van der Waals surface area contributed by atoms with Crippen LogP contribution >= 0.6 is 11.6 Å². The van der Waals surface area contributed by atoms with E-state index in [1.165, 1.54) is 18.2 Å². The van der Waals surface area contributed by atoms with Crippen molar-refractivity contribution < 1.29 is 18.7 Å². The van der Waals surface area contributed by atoms with Crippen molar-refractivity contribution in [3.05, 3.63) is 88.7 Å². The van der Waals surface area contributed by atoms with Gasteiger partial charge in [0.25, 0.3) is 11.8 Å². The number of nitrogens with one attached hydrogen (secondary N) is 2. The molecule has 2 N–H and O–H groups in total. The topological polar surface area (TPSA) is 67.4 Å². The first-order chi connectivity index (χ1) is 15.0. The molecule has 0 atom stereocenters. The van der Waals surface area contributed by atoms with Gasteiger partial charge in [0.15, 0.2) is 0 Å². The first kappa shape index (κ1) is 22.3. The summed E-state index contributed by atoms with van der Waals surface area (Å²) >= 11 is 5.74. The zero-order chi connectivity index (χ0) is 22.2. The Balaban J connectivity index is 1.63. The Hall–Kier alpha value is -3.38. The van der Waals surface area contributed by atoms with Gasteiger partial charge in [-0.25, -0.2) is 4.39 Å². The van der Waals surface area contributed by atoms with Crippen LogP contribution in [0.25, 0.3) is 0 Å². The molecule has 0 radical (unpaired) electrons. The Bertz CT molecular complexity index is 1070. The lowest BCUT2D eigenvalue weighted by Crippen LogP contribution is -2.14. The quantitative estimate of drug-likeness (QED) is 0.412. The number of anilines is 2. The third-order valence-electron chi connectivity index (χ3n) is 4.44. The van der Waals surface area contributed by atoms with Crippen molar-refractivity contribution >= 4 is 34.8 Å². The monoisotopic (exact) mass is 440 g/mol. The molecule has 0 aliphatic rings. The summed E-state index contributed by atoms with van der Waals surface area (Å²) in [4.78, 5) is 25.0. The fourth-order valence-corrected chi connectivity index (χ4v) is 2.94. The number of unbranched alkanes of at least 4 members (excludes halogenated alkanes) is 1. The molecule has 0 bridgehead atoms. The van der Waals surface area contributed by atoms with E-state index in [-0.39, 0.29) is 10.9 Å². The lowest BCUT2D eigenvalue weighted by molar-refractivity contribution is 0.101. The van der Waals surface area contributed by atoms with E-state index in [4.69, 9.17) is 16.3 Å². The molecule has 0 aromatic heterocycles. The second kappa shape index (κ2) is 10.6. The second-order valence-electron chi connectivity index (χ2n) is 6.84. The molecule has 3 aromatic carbocycles. The average Bonchev–Trinajstić information content (AvgIpc) is 2.77. The van der Waals surface area contributed by atoms with Crippen molar-refractivity contribution in [2.45, 2.75) is 19.8 Å². The summed E-state index contributed by atoms with van der Waals surface area (Å²) in [7, 11) is 0. The Morgan fingerprint density at radius 2 is 1.58 bits per heavy atom. The van der Waals surface area contributed by atoms with Crippen molar-refractivity contribution in [2.75, 3.05) is 17.2 Å². The second-order valence-corrected chi connectivity index (χ2v) is 7.25. The molecule has 3 aromatic rings. The molecule has 0 saturated heterocycles. The number of hydrogen-bond acceptors (Lipinski definition) is 3. The first-order valence-corrected chi connectivity index (χ1v) is 10.2. The first-order valence-electron chi connectivity index (χ1n) is 9.87. The number of amides is 2. The highest BCUT2D eigenvalue weighted by Gasteiger charge is 2.11. The van der Waals surface area contributed by atoms with E-state index < -0.39 is 11.7 Å². The summed E-state index contributed by atoms with van der Waals surface area (Å²) < 4.78 is 18.9. The number of ether oxygens (including phenoxy) is 1. The largest absolute Gasteiger partial charge is 0.494 e. The van der Waals surface area contributed by atoms with Gasteiger partial charge in [-0.3, -0.25) is 9.59 Å². The van der Waals surface area contributed by atoms with Crippen LogP contribution in [0.2, 0.25) is 5.02 Å². The highest BCUT2D eigenvalue weighted by atomic mass is 35.5. The molecule has 160 valence electrons. The van der Waals surface area contributed by atoms with Gasteiger partial charge in [0.05, 0.1) is 11.6 Å². The van der Waals surface area contributed by atoms with Gasteiger partial charge in [-0.15, -0.1) is 0 Å². The van der Waals surface area contributed by atoms with Crippen molar-refractivity contribution in [3.8, 4) is 5.75 Å². The van der Waals surface area contributed by atoms with Gasteiger partial charge >= 0.3 is 0 Å². The molecule has 0 heterocycles. The highest BCUT2D eigenvalue weighted by Crippen LogP contribution is 2.21. The molecule has 3 rings (SSSR count). The maximum absolute atomic E-state index is 13.3. The molecule has 2 amide bonds. The van der Waals surface area contributed by atoms with E-state index in [0.29, 0.717) is 34.9 Å². The summed E-state index contributed by atoms with van der Waals surface area (Å²) in [6, 6.07) is 17.3. The minimum Gasteiger partial charge on any atom is -0.494 e. The van der Waals surface area contributed by atoms with Crippen molar-refractivity contribution in [1.29, 1.82) is 0 Å². The highest BCUT2D eigenvalue weighted by molar-refractivity contribution is 6.31. The fourth-order valence-electron chi connectivity index (χ4n) is 2.76. The number of carbonyl (C=O) groups is 2. The van der Waals surface area contributed by atoms with Crippen LogP contribution in [-0.2, 0) is 0 Å². The SMILES string of the molecule is CCCCOc1ccc(C(=O)Nc2cccc(C(=O)Nc3ccc(F)c(Cl)c3)c2)cc1. The summed E-state index contributed by atoms with van der Waals surface area (Å²) in [6.45, 7) is 2.73. The number of carbonyl (C=O) groups excluding carboxylic acids is 2. The predicted octanol–water partition coefficient (Wildman–Crippen LogP) is 6.16. The summed E-state index contributed by atoms with van der Waals surface area (Å²) in [5.74, 6) is -0.565. The number of hydrogen-bond donors (Lipinski definition) is 2. The van der Waals surface area contributed by atoms with E-state index in [1.54, 1.807) is 48.5 Å². The Kier molecular flexibility index (Phi) is 7.62. The van der Waals surface area contributed by atoms with Gasteiger partial charge in [-0.05, 0) is 67.1 Å². The van der Waals surface area contributed by atoms with Crippen LogP contribution < -0.4 is 15.4 Å². The number of benzene rings is 3. The fraction of sp³-hybridized carbons (Fsp3) is 0.167. The Labute approximate surface area is 185 Å². The van der Waals surface area contributed by atoms with Crippen LogP contribution in [0.4, 0.5) is 15.8 Å². The molecule has 0 saturated carbocycles. The standard InChI is InChI=1S/C24H22ClFN2O3/c1-2-3-13-31-20-10-7-16(8-11-20)23(29)27-18-6-4-5-17(14-18)24(30)28-19-9-12-22(26)21(25)15-19/h4-12,14-15H,2-3,13H2,1H3,(H,27,29)(H,28,30). The van der Waals surface area contributed by atoms with Gasteiger partial charge in [-0.2, -0.15) is 0 Å². The molecule has 0 fully saturated rings. The zero-order valence-corrected chi connectivity index (χ0v) is 17.7. The van der Waals surface area contributed by atoms with E-state index >= 15 is 0 Å². The van der Waals surface area contributed by atoms with Gasteiger partial charge < -0.3 is 15.4 Å². The van der Waals surface area contributed by atoms with E-state index in [2.05, 4.69) is 17.6 Å². The van der Waals surface area contributed by atoms with Crippen molar-refractivity contribution in [3.63, 3.8) is 0 Å². The lowest BCUT2D eigenvalue weighted by Gasteiger charge is -2.10. The van der Waals surface area contributed by atoms with E-state index in [0.717, 1.165) is 12.8 Å². The summed E-state index contributed by atoms with van der Waals surface area (Å²) in [5.41, 5.74) is 1.64. The summed E-state index contributed by atoms with van der Waals surface area (Å²) in [5, 5.41) is 5.34. The molecule has 31 heavy (non-hydrogen) atoms. The van der Waals surface area contributed by atoms with Gasteiger partial charge in [0.1, 0.15) is 11.6 Å². The normalized spacial score (nSPS) is 10.4. The van der Waals surface area contributed by atoms with Crippen molar-refractivity contribution in [2.24, 2.45) is 0 Å². The molecule has 0 spiro atoms. The molecule has 7 heteroatoms. The third-order valence-corrected chi connectivity index (χ3v) is 4.73. The molecule has 5 nitrogen and oxygen atoms in total. The average molecular weight is 441 g/mol. The van der Waals surface area contributed by atoms with Crippen LogP contribution in [0.15, 0.2) is 66.7 Å². The van der Waals surface area contributed by atoms with Crippen LogP contribution in [0, 0.1) is 5.82 Å².